The molecule has 0 bridgehead atoms. The van der Waals surface area contributed by atoms with Crippen LogP contribution >= 0.6 is 0 Å². The quantitative estimate of drug-likeness (QED) is 0.608. The molecule has 0 saturated heterocycles. The third-order valence-corrected chi connectivity index (χ3v) is 1.90. The first-order chi connectivity index (χ1) is 7.83. The Kier molecular flexibility index (Phi) is 3.93. The predicted molar refractivity (Wildman–Crippen MR) is 49.7 cm³/mol. The molecule has 0 saturated carbocycles. The van der Waals surface area contributed by atoms with Gasteiger partial charge in [0.2, 0.25) is 5.76 Å². The topological polar surface area (TPSA) is 56.5 Å². The minimum absolute atomic E-state index is 0.220. The van der Waals surface area contributed by atoms with Crippen LogP contribution in [0.4, 0.5) is 13.2 Å². The molecule has 1 aromatic heterocycles. The first kappa shape index (κ1) is 13.3. The van der Waals surface area contributed by atoms with Gasteiger partial charge in [-0.1, -0.05) is 0 Å². The number of alkyl halides is 3. The van der Waals surface area contributed by atoms with Crippen LogP contribution < -0.4 is 0 Å². The molecule has 0 amide bonds. The fourth-order valence-electron chi connectivity index (χ4n) is 1.08. The molecule has 0 aliphatic heterocycles. The largest absolute Gasteiger partial charge is 0.463 e. The van der Waals surface area contributed by atoms with Gasteiger partial charge in [0.15, 0.2) is 11.5 Å². The Bertz CT molecular complexity index is 419. The smallest absolute Gasteiger partial charge is 0.389 e. The van der Waals surface area contributed by atoms with Crippen LogP contribution in [0.15, 0.2) is 16.5 Å². The van der Waals surface area contributed by atoms with E-state index in [4.69, 9.17) is 4.42 Å². The molecule has 0 atom stereocenters. The summed E-state index contributed by atoms with van der Waals surface area (Å²) in [5.74, 6) is -2.10. The summed E-state index contributed by atoms with van der Waals surface area (Å²) in [5, 5.41) is 0. The van der Waals surface area contributed by atoms with E-state index in [1.165, 1.54) is 6.07 Å². The van der Waals surface area contributed by atoms with Gasteiger partial charge in [0.1, 0.15) is 0 Å². The Morgan fingerprint density at radius 2 is 1.88 bits per heavy atom. The van der Waals surface area contributed by atoms with Gasteiger partial charge < -0.3 is 9.15 Å². The number of ether oxygens (including phenoxy) is 1. The monoisotopic (exact) mass is 250 g/mol. The maximum Gasteiger partial charge on any atom is 0.389 e. The second-order valence-electron chi connectivity index (χ2n) is 3.19. The van der Waals surface area contributed by atoms with Crippen molar-refractivity contribution >= 4 is 11.8 Å². The molecule has 7 heteroatoms. The lowest BCUT2D eigenvalue weighted by Crippen LogP contribution is -2.10. The second kappa shape index (κ2) is 5.03. The number of esters is 1. The molecule has 0 aromatic carbocycles. The first-order valence-corrected chi connectivity index (χ1v) is 4.61. The van der Waals surface area contributed by atoms with Crippen molar-refractivity contribution in [3.05, 3.63) is 23.7 Å². The summed E-state index contributed by atoms with van der Waals surface area (Å²) in [6, 6.07) is 2.32. The molecular formula is C10H9F3O4. The van der Waals surface area contributed by atoms with Crippen molar-refractivity contribution in [1.29, 1.82) is 0 Å². The van der Waals surface area contributed by atoms with Crippen molar-refractivity contribution in [1.82, 2.24) is 0 Å². The van der Waals surface area contributed by atoms with Crippen molar-refractivity contribution in [2.24, 2.45) is 0 Å². The van der Waals surface area contributed by atoms with Gasteiger partial charge in [-0.05, 0) is 12.1 Å². The number of carbonyl (C=O) groups excluding carboxylic acids is 2. The van der Waals surface area contributed by atoms with E-state index in [0.29, 0.717) is 0 Å². The average molecular weight is 250 g/mol. The van der Waals surface area contributed by atoms with Crippen molar-refractivity contribution < 1.29 is 31.9 Å². The molecule has 0 N–H and O–H groups in total. The normalized spacial score (nSPS) is 11.3. The summed E-state index contributed by atoms with van der Waals surface area (Å²) in [6.07, 6.45) is -6.33. The van der Waals surface area contributed by atoms with E-state index in [1.54, 1.807) is 0 Å². The number of halogens is 3. The Labute approximate surface area is 94.3 Å². The highest BCUT2D eigenvalue weighted by Gasteiger charge is 2.29. The number of hydrogen-bond acceptors (Lipinski definition) is 4. The highest BCUT2D eigenvalue weighted by atomic mass is 19.4. The molecular weight excluding hydrogens is 241 g/mol. The second-order valence-corrected chi connectivity index (χ2v) is 3.19. The molecule has 0 fully saturated rings. The van der Waals surface area contributed by atoms with Crippen molar-refractivity contribution in [2.45, 2.75) is 19.0 Å². The van der Waals surface area contributed by atoms with Gasteiger partial charge in [-0.3, -0.25) is 4.79 Å². The van der Waals surface area contributed by atoms with Gasteiger partial charge in [-0.15, -0.1) is 0 Å². The van der Waals surface area contributed by atoms with Crippen molar-refractivity contribution in [3.63, 3.8) is 0 Å². The molecule has 17 heavy (non-hydrogen) atoms. The van der Waals surface area contributed by atoms with E-state index in [9.17, 15) is 22.8 Å². The molecule has 0 aliphatic carbocycles. The highest BCUT2D eigenvalue weighted by Crippen LogP contribution is 2.23. The third kappa shape index (κ3) is 3.93. The van der Waals surface area contributed by atoms with E-state index in [2.05, 4.69) is 4.74 Å². The minimum Gasteiger partial charge on any atom is -0.463 e. The number of hydrogen-bond donors (Lipinski definition) is 0. The zero-order valence-electron chi connectivity index (χ0n) is 8.84. The fraction of sp³-hybridized carbons (Fsp3) is 0.400. The van der Waals surface area contributed by atoms with Crippen LogP contribution in [0.1, 0.15) is 34.0 Å². The van der Waals surface area contributed by atoms with Crippen LogP contribution in [0.3, 0.4) is 0 Å². The van der Waals surface area contributed by atoms with E-state index < -0.39 is 30.8 Å². The third-order valence-electron chi connectivity index (χ3n) is 1.90. The number of furan rings is 1. The van der Waals surface area contributed by atoms with Crippen LogP contribution in [0, 0.1) is 0 Å². The van der Waals surface area contributed by atoms with Gasteiger partial charge >= 0.3 is 12.1 Å². The number of Topliss-reactive ketones (excluding diaryl/α,β-unsaturated/α-hetero) is 1. The van der Waals surface area contributed by atoms with Gasteiger partial charge in [0, 0.05) is 6.42 Å². The van der Waals surface area contributed by atoms with E-state index in [0.717, 1.165) is 13.2 Å². The number of methoxy groups -OCH3 is 1. The molecule has 94 valence electrons. The van der Waals surface area contributed by atoms with Gasteiger partial charge in [0.05, 0.1) is 13.5 Å². The first-order valence-electron chi connectivity index (χ1n) is 4.61. The molecule has 0 unspecified atom stereocenters. The Balaban J connectivity index is 2.64. The maximum absolute atomic E-state index is 11.9. The molecule has 4 nitrogen and oxygen atoms in total. The summed E-state index contributed by atoms with van der Waals surface area (Å²) in [5.41, 5.74) is 0. The lowest BCUT2D eigenvalue weighted by atomic mass is 10.2. The van der Waals surface area contributed by atoms with Gasteiger partial charge in [-0.2, -0.15) is 13.2 Å². The minimum atomic E-state index is -4.40. The molecule has 1 heterocycles. The summed E-state index contributed by atoms with van der Waals surface area (Å²) >= 11 is 0. The van der Waals surface area contributed by atoms with E-state index in [1.807, 2.05) is 0 Å². The zero-order valence-corrected chi connectivity index (χ0v) is 8.84. The fourth-order valence-corrected chi connectivity index (χ4v) is 1.08. The maximum atomic E-state index is 11.9. The Morgan fingerprint density at radius 1 is 1.29 bits per heavy atom. The molecule has 1 rings (SSSR count). The summed E-state index contributed by atoms with van der Waals surface area (Å²) in [6.45, 7) is 0. The van der Waals surface area contributed by atoms with E-state index >= 15 is 0 Å². The number of rotatable bonds is 4. The Morgan fingerprint density at radius 3 is 2.41 bits per heavy atom. The molecule has 0 spiro atoms. The lowest BCUT2D eigenvalue weighted by molar-refractivity contribution is -0.133. The van der Waals surface area contributed by atoms with Crippen molar-refractivity contribution in [2.75, 3.05) is 7.11 Å². The van der Waals surface area contributed by atoms with Crippen LogP contribution in [0.2, 0.25) is 0 Å². The summed E-state index contributed by atoms with van der Waals surface area (Å²) in [7, 11) is 1.12. The standard InChI is InChI=1S/C10H9F3O4/c1-16-9(15)8-3-2-7(17-8)6(14)4-5-10(11,12)13/h2-3H,4-5H2,1H3. The summed E-state index contributed by atoms with van der Waals surface area (Å²) in [4.78, 5) is 22.2. The average Bonchev–Trinajstić information content (AvgIpc) is 2.73. The molecule has 1 aromatic rings. The van der Waals surface area contributed by atoms with Crippen LogP contribution in [-0.4, -0.2) is 25.0 Å². The number of carbonyl (C=O) groups is 2. The SMILES string of the molecule is COC(=O)c1ccc(C(=O)CCC(F)(F)F)o1. The molecule has 0 radical (unpaired) electrons. The van der Waals surface area contributed by atoms with Gasteiger partial charge in [-0.25, -0.2) is 4.79 Å². The number of ketones is 1. The van der Waals surface area contributed by atoms with Crippen LogP contribution in [0.5, 0.6) is 0 Å². The summed E-state index contributed by atoms with van der Waals surface area (Å²) < 4.78 is 44.7. The predicted octanol–water partition coefficient (Wildman–Crippen LogP) is 2.59. The Hall–Kier alpha value is -1.79. The van der Waals surface area contributed by atoms with Crippen LogP contribution in [-0.2, 0) is 4.74 Å². The lowest BCUT2D eigenvalue weighted by Gasteiger charge is -2.03. The van der Waals surface area contributed by atoms with E-state index in [-0.39, 0.29) is 11.5 Å². The molecule has 0 aliphatic rings. The van der Waals surface area contributed by atoms with Gasteiger partial charge in [0.25, 0.3) is 0 Å². The highest BCUT2D eigenvalue weighted by molar-refractivity contribution is 5.95. The zero-order chi connectivity index (χ0) is 13.1. The van der Waals surface area contributed by atoms with Crippen molar-refractivity contribution in [3.8, 4) is 0 Å². The van der Waals surface area contributed by atoms with Crippen LogP contribution in [0.25, 0.3) is 0 Å².